The molecule has 15 heavy (non-hydrogen) atoms. The average Bonchev–Trinajstić information content (AvgIpc) is 2.27. The van der Waals surface area contributed by atoms with Crippen LogP contribution in [-0.4, -0.2) is 12.3 Å². The van der Waals surface area contributed by atoms with Gasteiger partial charge in [-0.1, -0.05) is 19.1 Å². The number of carbonyl (C=O) groups is 2. The van der Waals surface area contributed by atoms with Gasteiger partial charge in [0.05, 0.1) is 5.56 Å². The normalized spacial score (nSPS) is 9.40. The molecule has 1 aromatic carbocycles. The summed E-state index contributed by atoms with van der Waals surface area (Å²) in [5, 5.41) is 0. The molecule has 0 bridgehead atoms. The molecule has 1 aromatic rings. The second-order valence-electron chi connectivity index (χ2n) is 2.94. The molecule has 0 fully saturated rings. The minimum atomic E-state index is -0.446. The smallest absolute Gasteiger partial charge is 0.298 e. The molecule has 0 aliphatic carbocycles. The SMILES string of the molecule is CCCC(=O)OOc1ccccc1C=O. The van der Waals surface area contributed by atoms with Crippen LogP contribution in [0.4, 0.5) is 0 Å². The van der Waals surface area contributed by atoms with E-state index in [2.05, 4.69) is 4.89 Å². The predicted molar refractivity (Wildman–Crippen MR) is 53.5 cm³/mol. The number of para-hydroxylation sites is 1. The van der Waals surface area contributed by atoms with Crippen LogP contribution < -0.4 is 4.89 Å². The van der Waals surface area contributed by atoms with Crippen molar-refractivity contribution in [1.82, 2.24) is 0 Å². The minimum Gasteiger partial charge on any atom is -0.298 e. The largest absolute Gasteiger partial charge is 0.355 e. The van der Waals surface area contributed by atoms with Crippen molar-refractivity contribution in [1.29, 1.82) is 0 Å². The molecule has 0 N–H and O–H groups in total. The van der Waals surface area contributed by atoms with E-state index in [-0.39, 0.29) is 5.75 Å². The van der Waals surface area contributed by atoms with Gasteiger partial charge in [0.25, 0.3) is 0 Å². The molecule has 0 heterocycles. The van der Waals surface area contributed by atoms with Crippen molar-refractivity contribution in [2.24, 2.45) is 0 Å². The maximum absolute atomic E-state index is 11.0. The van der Waals surface area contributed by atoms with Gasteiger partial charge in [-0.25, -0.2) is 4.79 Å². The quantitative estimate of drug-likeness (QED) is 0.422. The molecule has 80 valence electrons. The minimum absolute atomic E-state index is 0.247. The van der Waals surface area contributed by atoms with E-state index < -0.39 is 5.97 Å². The molecule has 0 amide bonds. The summed E-state index contributed by atoms with van der Waals surface area (Å²) < 4.78 is 0. The van der Waals surface area contributed by atoms with Crippen molar-refractivity contribution < 1.29 is 19.4 Å². The third kappa shape index (κ3) is 3.42. The van der Waals surface area contributed by atoms with Gasteiger partial charge < -0.3 is 0 Å². The maximum atomic E-state index is 11.0. The van der Waals surface area contributed by atoms with Gasteiger partial charge in [0.2, 0.25) is 0 Å². The Bertz CT molecular complexity index is 346. The number of hydrogen-bond acceptors (Lipinski definition) is 4. The van der Waals surface area contributed by atoms with E-state index in [1.54, 1.807) is 24.3 Å². The second kappa shape index (κ2) is 5.80. The predicted octanol–water partition coefficient (Wildman–Crippen LogP) is 2.14. The third-order valence-corrected chi connectivity index (χ3v) is 1.72. The fourth-order valence-electron chi connectivity index (χ4n) is 0.991. The lowest BCUT2D eigenvalue weighted by molar-refractivity contribution is -0.213. The van der Waals surface area contributed by atoms with Crippen LogP contribution >= 0.6 is 0 Å². The molecule has 4 heteroatoms. The number of rotatable bonds is 5. The highest BCUT2D eigenvalue weighted by Crippen LogP contribution is 2.15. The van der Waals surface area contributed by atoms with Crippen molar-refractivity contribution in [2.75, 3.05) is 0 Å². The first-order valence-corrected chi connectivity index (χ1v) is 4.69. The van der Waals surface area contributed by atoms with Crippen molar-refractivity contribution in [3.8, 4) is 5.75 Å². The highest BCUT2D eigenvalue weighted by atomic mass is 17.2. The average molecular weight is 208 g/mol. The topological polar surface area (TPSA) is 52.6 Å². The molecule has 0 radical (unpaired) electrons. The summed E-state index contributed by atoms with van der Waals surface area (Å²) in [7, 11) is 0. The highest BCUT2D eigenvalue weighted by molar-refractivity contribution is 5.79. The molecular formula is C11H12O4. The molecule has 0 aromatic heterocycles. The van der Waals surface area contributed by atoms with E-state index >= 15 is 0 Å². The Morgan fingerprint density at radius 3 is 2.80 bits per heavy atom. The van der Waals surface area contributed by atoms with Gasteiger partial charge in [0.1, 0.15) is 0 Å². The molecule has 0 aliphatic rings. The fraction of sp³-hybridized carbons (Fsp3) is 0.273. The van der Waals surface area contributed by atoms with Crippen LogP contribution in [0.2, 0.25) is 0 Å². The third-order valence-electron chi connectivity index (χ3n) is 1.72. The Hall–Kier alpha value is -1.84. The summed E-state index contributed by atoms with van der Waals surface area (Å²) in [5.41, 5.74) is 0.349. The second-order valence-corrected chi connectivity index (χ2v) is 2.94. The zero-order valence-electron chi connectivity index (χ0n) is 8.43. The van der Waals surface area contributed by atoms with Gasteiger partial charge >= 0.3 is 5.97 Å². The number of hydrogen-bond donors (Lipinski definition) is 0. The lowest BCUT2D eigenvalue weighted by Crippen LogP contribution is -2.08. The number of benzene rings is 1. The summed E-state index contributed by atoms with van der Waals surface area (Å²) in [6, 6.07) is 6.53. The first kappa shape index (κ1) is 11.2. The monoisotopic (exact) mass is 208 g/mol. The van der Waals surface area contributed by atoms with Crippen LogP contribution in [-0.2, 0) is 9.68 Å². The Labute approximate surface area is 87.7 Å². The summed E-state index contributed by atoms with van der Waals surface area (Å²) in [6.07, 6.45) is 1.63. The Balaban J connectivity index is 2.57. The molecule has 0 aliphatic heterocycles. The molecule has 4 nitrogen and oxygen atoms in total. The van der Waals surface area contributed by atoms with Crippen LogP contribution in [0.5, 0.6) is 5.75 Å². The Morgan fingerprint density at radius 1 is 1.40 bits per heavy atom. The van der Waals surface area contributed by atoms with E-state index in [1.165, 1.54) is 0 Å². The lowest BCUT2D eigenvalue weighted by atomic mass is 10.2. The van der Waals surface area contributed by atoms with Gasteiger partial charge in [-0.2, -0.15) is 0 Å². The molecule has 0 atom stereocenters. The molecule has 0 saturated carbocycles. The zero-order chi connectivity index (χ0) is 11.1. The lowest BCUT2D eigenvalue weighted by Gasteiger charge is -2.04. The Kier molecular flexibility index (Phi) is 4.34. The molecular weight excluding hydrogens is 196 g/mol. The van der Waals surface area contributed by atoms with E-state index in [4.69, 9.17) is 4.89 Å². The van der Waals surface area contributed by atoms with Crippen molar-refractivity contribution in [2.45, 2.75) is 19.8 Å². The highest BCUT2D eigenvalue weighted by Gasteiger charge is 2.06. The number of carbonyl (C=O) groups excluding carboxylic acids is 2. The van der Waals surface area contributed by atoms with Crippen LogP contribution in [0.1, 0.15) is 30.1 Å². The van der Waals surface area contributed by atoms with E-state index in [0.29, 0.717) is 24.7 Å². The van der Waals surface area contributed by atoms with Gasteiger partial charge in [-0.15, -0.1) is 0 Å². The summed E-state index contributed by atoms with van der Waals surface area (Å²) in [6.45, 7) is 1.86. The van der Waals surface area contributed by atoms with Crippen molar-refractivity contribution in [3.63, 3.8) is 0 Å². The van der Waals surface area contributed by atoms with Gasteiger partial charge in [0, 0.05) is 6.42 Å². The van der Waals surface area contributed by atoms with E-state index in [9.17, 15) is 9.59 Å². The standard InChI is InChI=1S/C11H12O4/c1-2-5-11(13)15-14-10-7-4-3-6-9(10)8-12/h3-4,6-8H,2,5H2,1H3. The summed E-state index contributed by atoms with van der Waals surface area (Å²) in [4.78, 5) is 30.8. The number of aldehydes is 1. The molecule has 0 unspecified atom stereocenters. The van der Waals surface area contributed by atoms with E-state index in [0.717, 1.165) is 0 Å². The van der Waals surface area contributed by atoms with Gasteiger partial charge in [-0.3, -0.25) is 14.6 Å². The Morgan fingerprint density at radius 2 is 2.13 bits per heavy atom. The van der Waals surface area contributed by atoms with Gasteiger partial charge in [-0.05, 0) is 18.6 Å². The van der Waals surface area contributed by atoms with Crippen LogP contribution in [0, 0.1) is 0 Å². The zero-order valence-corrected chi connectivity index (χ0v) is 8.43. The molecule has 0 saturated heterocycles. The fourth-order valence-corrected chi connectivity index (χ4v) is 0.991. The van der Waals surface area contributed by atoms with Crippen LogP contribution in [0.3, 0.4) is 0 Å². The molecule has 0 spiro atoms. The van der Waals surface area contributed by atoms with Crippen molar-refractivity contribution in [3.05, 3.63) is 29.8 Å². The van der Waals surface area contributed by atoms with Crippen molar-refractivity contribution >= 4 is 12.3 Å². The first-order chi connectivity index (χ1) is 7.27. The first-order valence-electron chi connectivity index (χ1n) is 4.69. The van der Waals surface area contributed by atoms with Crippen LogP contribution in [0.25, 0.3) is 0 Å². The summed E-state index contributed by atoms with van der Waals surface area (Å²) >= 11 is 0. The molecule has 1 rings (SSSR count). The van der Waals surface area contributed by atoms with Gasteiger partial charge in [0.15, 0.2) is 12.0 Å². The maximum Gasteiger partial charge on any atom is 0.355 e. The van der Waals surface area contributed by atoms with E-state index in [1.807, 2.05) is 6.92 Å². The van der Waals surface area contributed by atoms with Crippen LogP contribution in [0.15, 0.2) is 24.3 Å². The summed E-state index contributed by atoms with van der Waals surface area (Å²) in [5.74, 6) is -0.199.